The molecule has 1 saturated heterocycles. The summed E-state index contributed by atoms with van der Waals surface area (Å²) in [5, 5.41) is 2.82. The van der Waals surface area contributed by atoms with Crippen LogP contribution < -0.4 is 10.2 Å². The third kappa shape index (κ3) is 4.20. The number of amides is 3. The molecule has 2 aliphatic carbocycles. The standard InChI is InChI=1S/C32H31N3O3/c1-32-17-6-5-10-25(32)11-7-12-26(32)30(37)34-18-19-35(31(38)27-14-16-29(36)33-27)28-15-13-23(20-24(28)21-34)22-8-3-2-4-9-22/h2-13,15,17,20,26-27H,14,16,18-19,21H2,1H3,(H,33,36). The summed E-state index contributed by atoms with van der Waals surface area (Å²) < 4.78 is 0. The molecule has 0 saturated carbocycles. The number of allylic oxidation sites excluding steroid dienone is 7. The van der Waals surface area contributed by atoms with Gasteiger partial charge in [0.15, 0.2) is 0 Å². The van der Waals surface area contributed by atoms with Crippen molar-refractivity contribution in [1.82, 2.24) is 10.2 Å². The van der Waals surface area contributed by atoms with Gasteiger partial charge in [-0.3, -0.25) is 14.4 Å². The van der Waals surface area contributed by atoms with E-state index in [0.717, 1.165) is 28.0 Å². The van der Waals surface area contributed by atoms with E-state index in [2.05, 4.69) is 48.7 Å². The number of nitrogens with zero attached hydrogens (tertiary/aromatic N) is 2. The smallest absolute Gasteiger partial charge is 0.249 e. The van der Waals surface area contributed by atoms with Gasteiger partial charge in [-0.2, -0.15) is 0 Å². The summed E-state index contributed by atoms with van der Waals surface area (Å²) in [6, 6.07) is 15.7. The zero-order chi connectivity index (χ0) is 26.3. The summed E-state index contributed by atoms with van der Waals surface area (Å²) in [5.74, 6) is -0.492. The maximum atomic E-state index is 14.1. The first kappa shape index (κ1) is 24.2. The van der Waals surface area contributed by atoms with Crippen molar-refractivity contribution < 1.29 is 14.4 Å². The largest absolute Gasteiger partial charge is 0.344 e. The van der Waals surface area contributed by atoms with Gasteiger partial charge in [0.2, 0.25) is 17.7 Å². The molecular formula is C32H31N3O3. The zero-order valence-electron chi connectivity index (χ0n) is 21.5. The van der Waals surface area contributed by atoms with Crippen molar-refractivity contribution in [2.75, 3.05) is 18.0 Å². The highest BCUT2D eigenvalue weighted by atomic mass is 16.2. The van der Waals surface area contributed by atoms with E-state index in [0.29, 0.717) is 32.5 Å². The molecule has 1 fully saturated rings. The molecular weight excluding hydrogens is 474 g/mol. The molecule has 6 nitrogen and oxygen atoms in total. The molecule has 3 unspecified atom stereocenters. The molecule has 0 aromatic heterocycles. The summed E-state index contributed by atoms with van der Waals surface area (Å²) in [7, 11) is 0. The van der Waals surface area contributed by atoms with Crippen molar-refractivity contribution >= 4 is 23.4 Å². The molecule has 192 valence electrons. The molecule has 3 atom stereocenters. The fraction of sp³-hybridized carbons (Fsp3) is 0.281. The van der Waals surface area contributed by atoms with E-state index in [-0.39, 0.29) is 23.6 Å². The van der Waals surface area contributed by atoms with Crippen molar-refractivity contribution in [3.05, 3.63) is 102 Å². The van der Waals surface area contributed by atoms with Gasteiger partial charge in [-0.1, -0.05) is 85.9 Å². The zero-order valence-corrected chi connectivity index (χ0v) is 21.5. The van der Waals surface area contributed by atoms with Crippen molar-refractivity contribution in [2.24, 2.45) is 11.3 Å². The van der Waals surface area contributed by atoms with Crippen molar-refractivity contribution in [2.45, 2.75) is 32.4 Å². The molecule has 0 radical (unpaired) electrons. The monoisotopic (exact) mass is 505 g/mol. The number of carbonyl (C=O) groups excluding carboxylic acids is 3. The number of hydrogen-bond donors (Lipinski definition) is 1. The Balaban J connectivity index is 1.36. The predicted octanol–water partition coefficient (Wildman–Crippen LogP) is 4.55. The van der Waals surface area contributed by atoms with E-state index in [9.17, 15) is 14.4 Å². The topological polar surface area (TPSA) is 69.7 Å². The Labute approximate surface area is 223 Å². The Bertz CT molecular complexity index is 1420. The van der Waals surface area contributed by atoms with Crippen LogP contribution in [0.4, 0.5) is 5.69 Å². The quantitative estimate of drug-likeness (QED) is 0.665. The second-order valence-electron chi connectivity index (χ2n) is 10.6. The van der Waals surface area contributed by atoms with E-state index in [1.165, 1.54) is 0 Å². The highest BCUT2D eigenvalue weighted by molar-refractivity contribution is 6.02. The van der Waals surface area contributed by atoms with Gasteiger partial charge < -0.3 is 15.1 Å². The van der Waals surface area contributed by atoms with Crippen LogP contribution >= 0.6 is 0 Å². The van der Waals surface area contributed by atoms with Crippen molar-refractivity contribution in [3.8, 4) is 11.1 Å². The molecule has 2 aliphatic heterocycles. The first-order valence-electron chi connectivity index (χ1n) is 13.3. The van der Waals surface area contributed by atoms with E-state index in [1.54, 1.807) is 4.90 Å². The molecule has 3 amide bonds. The Morgan fingerprint density at radius 1 is 0.974 bits per heavy atom. The van der Waals surface area contributed by atoms with Gasteiger partial charge in [0.25, 0.3) is 0 Å². The Morgan fingerprint density at radius 3 is 2.61 bits per heavy atom. The van der Waals surface area contributed by atoms with E-state index < -0.39 is 11.5 Å². The lowest BCUT2D eigenvalue weighted by Crippen LogP contribution is -2.48. The molecule has 0 bridgehead atoms. The maximum absolute atomic E-state index is 14.1. The lowest BCUT2D eigenvalue weighted by Gasteiger charge is -2.39. The summed E-state index contributed by atoms with van der Waals surface area (Å²) in [6.07, 6.45) is 15.1. The maximum Gasteiger partial charge on any atom is 0.249 e. The van der Waals surface area contributed by atoms with Crippen LogP contribution in [0.25, 0.3) is 11.1 Å². The number of fused-ring (bicyclic) bond motifs is 2. The van der Waals surface area contributed by atoms with E-state index >= 15 is 0 Å². The average molecular weight is 506 g/mol. The molecule has 2 aromatic rings. The minimum atomic E-state index is -0.529. The van der Waals surface area contributed by atoms with Crippen LogP contribution in [0.1, 0.15) is 25.3 Å². The number of benzene rings is 2. The van der Waals surface area contributed by atoms with Gasteiger partial charge in [0.05, 0.1) is 5.92 Å². The van der Waals surface area contributed by atoms with Crippen LogP contribution in [0.15, 0.2) is 96.6 Å². The summed E-state index contributed by atoms with van der Waals surface area (Å²) >= 11 is 0. The second-order valence-corrected chi connectivity index (χ2v) is 10.6. The SMILES string of the molecule is CC12C=CC=CC1=CC=CC2C(=O)N1CCN(C(=O)C2CCC(=O)N2)c2ccc(-c3ccccc3)cc2C1. The lowest BCUT2D eigenvalue weighted by molar-refractivity contribution is -0.136. The van der Waals surface area contributed by atoms with Crippen LogP contribution in [0.3, 0.4) is 0 Å². The van der Waals surface area contributed by atoms with Crippen LogP contribution in [-0.2, 0) is 20.9 Å². The third-order valence-corrected chi connectivity index (χ3v) is 8.25. The van der Waals surface area contributed by atoms with Crippen LogP contribution in [0.5, 0.6) is 0 Å². The molecule has 2 aromatic carbocycles. The molecule has 2 heterocycles. The summed E-state index contributed by atoms with van der Waals surface area (Å²) in [5.41, 5.74) is 4.56. The summed E-state index contributed by atoms with van der Waals surface area (Å²) in [6.45, 7) is 3.32. The van der Waals surface area contributed by atoms with Gasteiger partial charge >= 0.3 is 0 Å². The molecule has 0 spiro atoms. The highest BCUT2D eigenvalue weighted by Crippen LogP contribution is 2.44. The molecule has 1 N–H and O–H groups in total. The fourth-order valence-corrected chi connectivity index (χ4v) is 6.03. The van der Waals surface area contributed by atoms with Gasteiger partial charge in [-0.25, -0.2) is 0 Å². The number of anilines is 1. The first-order valence-corrected chi connectivity index (χ1v) is 13.3. The average Bonchev–Trinajstić information content (AvgIpc) is 3.28. The Morgan fingerprint density at radius 2 is 1.82 bits per heavy atom. The number of carbonyl (C=O) groups is 3. The van der Waals surface area contributed by atoms with Gasteiger partial charge in [0.1, 0.15) is 6.04 Å². The predicted molar refractivity (Wildman–Crippen MR) is 148 cm³/mol. The van der Waals surface area contributed by atoms with Crippen molar-refractivity contribution in [1.29, 1.82) is 0 Å². The van der Waals surface area contributed by atoms with Crippen LogP contribution in [0, 0.1) is 11.3 Å². The van der Waals surface area contributed by atoms with Crippen LogP contribution in [-0.4, -0.2) is 41.8 Å². The van der Waals surface area contributed by atoms with Gasteiger partial charge in [0, 0.05) is 37.2 Å². The van der Waals surface area contributed by atoms with E-state index in [4.69, 9.17) is 0 Å². The van der Waals surface area contributed by atoms with Crippen LogP contribution in [0.2, 0.25) is 0 Å². The van der Waals surface area contributed by atoms with Gasteiger partial charge in [-0.15, -0.1) is 0 Å². The van der Waals surface area contributed by atoms with Gasteiger partial charge in [-0.05, 0) is 40.8 Å². The minimum absolute atomic E-state index is 0.0498. The second kappa shape index (κ2) is 9.60. The number of hydrogen-bond acceptors (Lipinski definition) is 3. The summed E-state index contributed by atoms with van der Waals surface area (Å²) in [4.78, 5) is 43.3. The lowest BCUT2D eigenvalue weighted by atomic mass is 9.66. The Hall–Kier alpha value is -4.19. The molecule has 38 heavy (non-hydrogen) atoms. The highest BCUT2D eigenvalue weighted by Gasteiger charge is 2.42. The third-order valence-electron chi connectivity index (χ3n) is 8.25. The normalized spacial score (nSPS) is 25.8. The minimum Gasteiger partial charge on any atom is -0.344 e. The fourth-order valence-electron chi connectivity index (χ4n) is 6.03. The first-order chi connectivity index (χ1) is 18.4. The molecule has 6 heteroatoms. The van der Waals surface area contributed by atoms with E-state index in [1.807, 2.05) is 59.5 Å². The number of nitrogens with one attached hydrogen (secondary N) is 1. The molecule has 6 rings (SSSR count). The Kier molecular flexibility index (Phi) is 6.10. The molecule has 4 aliphatic rings. The van der Waals surface area contributed by atoms with Crippen molar-refractivity contribution in [3.63, 3.8) is 0 Å². The number of rotatable bonds is 3.